The summed E-state index contributed by atoms with van der Waals surface area (Å²) >= 11 is 0. The Morgan fingerprint density at radius 2 is 1.85 bits per heavy atom. The van der Waals surface area contributed by atoms with Gasteiger partial charge in [0, 0.05) is 12.5 Å². The van der Waals surface area contributed by atoms with Gasteiger partial charge in [0.15, 0.2) is 31.7 Å². The zero-order valence-corrected chi connectivity index (χ0v) is 16.6. The topological polar surface area (TPSA) is 135 Å². The third-order valence-electron chi connectivity index (χ3n) is 4.25. The Kier molecular flexibility index (Phi) is 5.21. The summed E-state index contributed by atoms with van der Waals surface area (Å²) in [4.78, 5) is 37.0. The summed E-state index contributed by atoms with van der Waals surface area (Å²) in [5.74, 6) is -3.48. The van der Waals surface area contributed by atoms with Gasteiger partial charge in [0.1, 0.15) is 5.75 Å². The van der Waals surface area contributed by atoms with E-state index < -0.39 is 65.5 Å². The molecule has 2 heterocycles. The minimum Gasteiger partial charge on any atom is -0.481 e. The van der Waals surface area contributed by atoms with Crippen LogP contribution in [0.4, 0.5) is 0 Å². The number of allylic oxidation sites excluding steroid dienone is 1. The summed E-state index contributed by atoms with van der Waals surface area (Å²) in [6.45, 7) is 6.11. The molecule has 0 aromatic carbocycles. The summed E-state index contributed by atoms with van der Waals surface area (Å²) < 4.78 is 41.6. The zero-order chi connectivity index (χ0) is 20.2. The number of carboxylic acid groups (broad SMARTS) is 1. The van der Waals surface area contributed by atoms with Crippen LogP contribution in [0, 0.1) is 5.41 Å². The second-order valence-corrected chi connectivity index (χ2v) is 11.2. The van der Waals surface area contributed by atoms with Crippen molar-refractivity contribution in [2.24, 2.45) is 5.41 Å². The van der Waals surface area contributed by atoms with Crippen molar-refractivity contribution >= 4 is 38.3 Å². The number of rotatable bonds is 5. The van der Waals surface area contributed by atoms with E-state index in [1.807, 2.05) is 0 Å². The number of ketones is 1. The predicted molar refractivity (Wildman–Crippen MR) is 91.9 cm³/mol. The van der Waals surface area contributed by atoms with Crippen molar-refractivity contribution in [1.29, 1.82) is 0 Å². The second-order valence-electron chi connectivity index (χ2n) is 7.21. The minimum absolute atomic E-state index is 0.0799. The van der Waals surface area contributed by atoms with E-state index >= 15 is 0 Å². The van der Waals surface area contributed by atoms with E-state index in [2.05, 4.69) is 0 Å². The maximum Gasteiger partial charge on any atom is 0.316 e. The molecule has 0 aliphatic carbocycles. The number of methoxy groups -OCH3 is 1. The molecule has 1 fully saturated rings. The largest absolute Gasteiger partial charge is 0.481 e. The SMILES string of the molecule is CO[C@H]1C(=O)N2C(C(=O)C(C)(C)C)=C(C)C(S(=O)CC(=O)O)S(=O)(=O)[C@@H]12. The molecular weight excluding hydrogens is 386 g/mol. The van der Waals surface area contributed by atoms with Gasteiger partial charge in [0.05, 0.1) is 16.5 Å². The lowest BCUT2D eigenvalue weighted by Crippen LogP contribution is -2.72. The van der Waals surface area contributed by atoms with Gasteiger partial charge in [-0.2, -0.15) is 0 Å². The lowest BCUT2D eigenvalue weighted by Gasteiger charge is -2.51. The van der Waals surface area contributed by atoms with Gasteiger partial charge >= 0.3 is 5.97 Å². The Bertz CT molecular complexity index is 836. The molecule has 0 radical (unpaired) electrons. The van der Waals surface area contributed by atoms with Crippen LogP contribution >= 0.6 is 0 Å². The molecule has 0 aromatic rings. The van der Waals surface area contributed by atoms with Gasteiger partial charge in [-0.15, -0.1) is 0 Å². The van der Waals surface area contributed by atoms with Crippen molar-refractivity contribution in [3.63, 3.8) is 0 Å². The number of carbonyl (C=O) groups is 3. The predicted octanol–water partition coefficient (Wildman–Crippen LogP) is -0.353. The number of hydrogen-bond acceptors (Lipinski definition) is 7. The first-order valence-electron chi connectivity index (χ1n) is 7.70. The minimum atomic E-state index is -4.26. The normalized spacial score (nSPS) is 29.0. The molecule has 1 saturated heterocycles. The Morgan fingerprint density at radius 3 is 2.27 bits per heavy atom. The lowest BCUT2D eigenvalue weighted by molar-refractivity contribution is -0.161. The highest BCUT2D eigenvalue weighted by molar-refractivity contribution is 8.07. The van der Waals surface area contributed by atoms with Crippen molar-refractivity contribution < 1.29 is 36.9 Å². The van der Waals surface area contributed by atoms with Crippen LogP contribution in [0.3, 0.4) is 0 Å². The summed E-state index contributed by atoms with van der Waals surface area (Å²) in [6, 6.07) is 0. The molecule has 4 atom stereocenters. The molecule has 1 amide bonds. The van der Waals surface area contributed by atoms with Gasteiger partial charge in [-0.3, -0.25) is 23.5 Å². The van der Waals surface area contributed by atoms with Gasteiger partial charge in [-0.1, -0.05) is 20.8 Å². The maximum absolute atomic E-state index is 12.9. The fraction of sp³-hybridized carbons (Fsp3) is 0.667. The van der Waals surface area contributed by atoms with E-state index in [1.54, 1.807) is 20.8 Å². The van der Waals surface area contributed by atoms with Gasteiger partial charge in [0.25, 0.3) is 5.91 Å². The average Bonchev–Trinajstić information content (AvgIpc) is 2.45. The Labute approximate surface area is 153 Å². The molecule has 2 rings (SSSR count). The lowest BCUT2D eigenvalue weighted by atomic mass is 9.86. The highest BCUT2D eigenvalue weighted by atomic mass is 32.3. The molecule has 11 heteroatoms. The van der Waals surface area contributed by atoms with Crippen molar-refractivity contribution in [3.8, 4) is 0 Å². The molecule has 9 nitrogen and oxygen atoms in total. The van der Waals surface area contributed by atoms with Gasteiger partial charge in [0.2, 0.25) is 0 Å². The zero-order valence-electron chi connectivity index (χ0n) is 15.0. The number of amides is 1. The summed E-state index contributed by atoms with van der Waals surface area (Å²) in [5.41, 5.74) is -1.15. The Hall–Kier alpha value is -1.59. The molecule has 2 unspecified atom stereocenters. The van der Waals surface area contributed by atoms with Crippen LogP contribution in [0.5, 0.6) is 0 Å². The molecular formula is C15H21NO8S2. The van der Waals surface area contributed by atoms with E-state index in [0.29, 0.717) is 0 Å². The molecule has 2 aliphatic heterocycles. The maximum atomic E-state index is 12.9. The van der Waals surface area contributed by atoms with Crippen molar-refractivity contribution in [1.82, 2.24) is 4.90 Å². The summed E-state index contributed by atoms with van der Waals surface area (Å²) in [5, 5.41) is 7.39. The van der Waals surface area contributed by atoms with E-state index in [1.165, 1.54) is 6.92 Å². The first kappa shape index (κ1) is 20.7. The number of aliphatic carboxylic acids is 1. The third kappa shape index (κ3) is 3.01. The number of Topliss-reactive ketones (excluding diaryl/α,β-unsaturated/α-hetero) is 1. The van der Waals surface area contributed by atoms with Gasteiger partial charge in [-0.25, -0.2) is 8.42 Å². The fourth-order valence-corrected chi connectivity index (χ4v) is 7.65. The van der Waals surface area contributed by atoms with Crippen molar-refractivity contribution in [2.45, 2.75) is 43.8 Å². The van der Waals surface area contributed by atoms with Crippen LogP contribution in [-0.2, 0) is 39.8 Å². The first-order chi connectivity index (χ1) is 11.8. The molecule has 0 bridgehead atoms. The number of ether oxygens (including phenoxy) is 1. The molecule has 26 heavy (non-hydrogen) atoms. The number of nitrogens with zero attached hydrogens (tertiary/aromatic N) is 1. The van der Waals surface area contributed by atoms with E-state index in [0.717, 1.165) is 12.0 Å². The second kappa shape index (κ2) is 6.54. The molecule has 0 spiro atoms. The Balaban J connectivity index is 2.71. The molecule has 146 valence electrons. The third-order valence-corrected chi connectivity index (χ3v) is 9.14. The average molecular weight is 407 g/mol. The van der Waals surface area contributed by atoms with Gasteiger partial charge < -0.3 is 9.84 Å². The van der Waals surface area contributed by atoms with Crippen LogP contribution in [0.25, 0.3) is 0 Å². The van der Waals surface area contributed by atoms with E-state index in [4.69, 9.17) is 9.84 Å². The smallest absolute Gasteiger partial charge is 0.316 e. The van der Waals surface area contributed by atoms with Crippen molar-refractivity contribution in [2.75, 3.05) is 12.9 Å². The molecule has 0 aromatic heterocycles. The molecule has 2 aliphatic rings. The monoisotopic (exact) mass is 407 g/mol. The van der Waals surface area contributed by atoms with Crippen LogP contribution in [0.15, 0.2) is 11.3 Å². The standard InChI is InChI=1S/C15H21NO8S2/c1-7-9(11(19)15(2,3)4)16-12(20)10(24-5)13(16)26(22,23)14(7)25(21)6-8(17)18/h10,13-14H,6H2,1-5H3,(H,17,18)/t10-,13-,14?,25?/m0/s1. The van der Waals surface area contributed by atoms with Crippen LogP contribution in [-0.4, -0.2) is 69.2 Å². The van der Waals surface area contributed by atoms with Gasteiger partial charge in [-0.05, 0) is 12.5 Å². The molecule has 0 saturated carbocycles. The van der Waals surface area contributed by atoms with Crippen LogP contribution < -0.4 is 0 Å². The number of carbonyl (C=O) groups excluding carboxylic acids is 2. The number of hydrogen-bond donors (Lipinski definition) is 1. The van der Waals surface area contributed by atoms with Crippen LogP contribution in [0.1, 0.15) is 27.7 Å². The fourth-order valence-electron chi connectivity index (χ4n) is 3.07. The highest BCUT2D eigenvalue weighted by Crippen LogP contribution is 2.44. The number of β-lactam (4-membered cyclic amide) rings is 1. The van der Waals surface area contributed by atoms with E-state index in [-0.39, 0.29) is 11.3 Å². The van der Waals surface area contributed by atoms with Crippen LogP contribution in [0.2, 0.25) is 0 Å². The first-order valence-corrected chi connectivity index (χ1v) is 10.7. The number of sulfone groups is 1. The van der Waals surface area contributed by atoms with E-state index in [9.17, 15) is 27.0 Å². The molecule has 1 N–H and O–H groups in total. The summed E-state index contributed by atoms with van der Waals surface area (Å²) in [6.07, 6.45) is -1.32. The number of fused-ring (bicyclic) bond motifs is 1. The Morgan fingerprint density at radius 1 is 1.31 bits per heavy atom. The summed E-state index contributed by atoms with van der Waals surface area (Å²) in [7, 11) is -5.42. The quantitative estimate of drug-likeness (QED) is 0.611. The number of carboxylic acids is 1. The van der Waals surface area contributed by atoms with Crippen molar-refractivity contribution in [3.05, 3.63) is 11.3 Å². The highest BCUT2D eigenvalue weighted by Gasteiger charge is 2.64.